The third kappa shape index (κ3) is 2.96. The fourth-order valence-corrected chi connectivity index (χ4v) is 2.61. The molecule has 3 nitrogen and oxygen atoms in total. The van der Waals surface area contributed by atoms with Gasteiger partial charge in [-0.05, 0) is 41.8 Å². The molecule has 0 radical (unpaired) electrons. The van der Waals surface area contributed by atoms with Crippen LogP contribution in [0, 0.1) is 0 Å². The highest BCUT2D eigenvalue weighted by molar-refractivity contribution is 7.05. The Morgan fingerprint density at radius 2 is 2.24 bits per heavy atom. The van der Waals surface area contributed by atoms with Crippen LogP contribution in [0.1, 0.15) is 23.4 Å². The van der Waals surface area contributed by atoms with Crippen LogP contribution < -0.4 is 5.32 Å². The lowest BCUT2D eigenvalue weighted by Gasteiger charge is -2.17. The van der Waals surface area contributed by atoms with E-state index in [1.807, 2.05) is 13.0 Å². The van der Waals surface area contributed by atoms with Crippen molar-refractivity contribution in [2.75, 3.05) is 6.54 Å². The number of nitrogens with one attached hydrogen (secondary N) is 1. The molecule has 6 heteroatoms. The minimum absolute atomic E-state index is 0.00815. The second-order valence-corrected chi connectivity index (χ2v) is 5.14. The van der Waals surface area contributed by atoms with Crippen LogP contribution in [0.3, 0.4) is 0 Å². The average molecular weight is 288 g/mol. The van der Waals surface area contributed by atoms with Gasteiger partial charge in [0.2, 0.25) is 0 Å². The second-order valence-electron chi connectivity index (χ2n) is 3.48. The van der Waals surface area contributed by atoms with E-state index in [-0.39, 0.29) is 6.04 Å². The summed E-state index contributed by atoms with van der Waals surface area (Å²) < 4.78 is 3.88. The highest BCUT2D eigenvalue weighted by Crippen LogP contribution is 2.31. The maximum atomic E-state index is 6.21. The van der Waals surface area contributed by atoms with Crippen molar-refractivity contribution in [2.45, 2.75) is 13.0 Å². The van der Waals surface area contributed by atoms with Gasteiger partial charge in [-0.25, -0.2) is 0 Å². The van der Waals surface area contributed by atoms with Crippen LogP contribution >= 0.6 is 34.7 Å². The third-order valence-electron chi connectivity index (χ3n) is 2.34. The molecule has 0 aliphatic heterocycles. The van der Waals surface area contributed by atoms with Gasteiger partial charge in [0.25, 0.3) is 0 Å². The summed E-state index contributed by atoms with van der Waals surface area (Å²) in [6, 6.07) is 5.45. The number of nitrogens with zero attached hydrogens (tertiary/aromatic N) is 2. The van der Waals surface area contributed by atoms with E-state index >= 15 is 0 Å². The largest absolute Gasteiger partial charge is 0.306 e. The van der Waals surface area contributed by atoms with E-state index in [9.17, 15) is 0 Å². The van der Waals surface area contributed by atoms with E-state index in [2.05, 4.69) is 14.9 Å². The molecular weight excluding hydrogens is 277 g/mol. The van der Waals surface area contributed by atoms with Crippen molar-refractivity contribution in [3.05, 3.63) is 44.9 Å². The van der Waals surface area contributed by atoms with Gasteiger partial charge in [-0.15, -0.1) is 5.10 Å². The Kier molecular flexibility index (Phi) is 4.34. The zero-order chi connectivity index (χ0) is 12.3. The first-order valence-corrected chi connectivity index (χ1v) is 6.71. The smallest absolute Gasteiger partial charge is 0.0718 e. The second kappa shape index (κ2) is 5.78. The lowest BCUT2D eigenvalue weighted by atomic mass is 10.1. The first-order valence-electron chi connectivity index (χ1n) is 5.18. The summed E-state index contributed by atoms with van der Waals surface area (Å²) in [4.78, 5) is 1.02. The molecule has 90 valence electrons. The Balaban J connectivity index is 2.42. The molecule has 0 amide bonds. The predicted molar refractivity (Wildman–Crippen MR) is 71.9 cm³/mol. The van der Waals surface area contributed by atoms with Crippen molar-refractivity contribution in [2.24, 2.45) is 0 Å². The highest BCUT2D eigenvalue weighted by atomic mass is 35.5. The van der Waals surface area contributed by atoms with E-state index in [4.69, 9.17) is 23.2 Å². The van der Waals surface area contributed by atoms with Crippen LogP contribution in [0.2, 0.25) is 10.0 Å². The fourth-order valence-electron chi connectivity index (χ4n) is 1.61. The minimum atomic E-state index is -0.00815. The van der Waals surface area contributed by atoms with Crippen LogP contribution in [-0.4, -0.2) is 16.1 Å². The topological polar surface area (TPSA) is 37.8 Å². The molecule has 0 spiro atoms. The van der Waals surface area contributed by atoms with Crippen LogP contribution in [0.5, 0.6) is 0 Å². The summed E-state index contributed by atoms with van der Waals surface area (Å²) in [5, 5.41) is 8.57. The van der Waals surface area contributed by atoms with Crippen molar-refractivity contribution < 1.29 is 0 Å². The molecule has 2 aromatic rings. The lowest BCUT2D eigenvalue weighted by Crippen LogP contribution is -2.21. The van der Waals surface area contributed by atoms with E-state index in [0.717, 1.165) is 17.0 Å². The maximum absolute atomic E-state index is 6.21. The van der Waals surface area contributed by atoms with Crippen LogP contribution in [-0.2, 0) is 0 Å². The zero-order valence-corrected chi connectivity index (χ0v) is 11.5. The maximum Gasteiger partial charge on any atom is 0.0718 e. The van der Waals surface area contributed by atoms with Gasteiger partial charge in [-0.2, -0.15) is 0 Å². The molecule has 0 fully saturated rings. The van der Waals surface area contributed by atoms with Gasteiger partial charge in [0.1, 0.15) is 0 Å². The molecule has 0 saturated carbocycles. The highest BCUT2D eigenvalue weighted by Gasteiger charge is 2.18. The Bertz CT molecular complexity index is 487. The molecular formula is C11H11Cl2N3S. The minimum Gasteiger partial charge on any atom is -0.306 e. The number of hydrogen-bond acceptors (Lipinski definition) is 4. The molecule has 0 aliphatic rings. The number of halogens is 2. The predicted octanol–water partition coefficient (Wildman–Crippen LogP) is 3.54. The molecule has 1 heterocycles. The van der Waals surface area contributed by atoms with Gasteiger partial charge in [0.15, 0.2) is 0 Å². The Morgan fingerprint density at radius 1 is 1.41 bits per heavy atom. The van der Waals surface area contributed by atoms with E-state index < -0.39 is 0 Å². The van der Waals surface area contributed by atoms with E-state index in [1.54, 1.807) is 18.3 Å². The van der Waals surface area contributed by atoms with Crippen molar-refractivity contribution in [3.8, 4) is 0 Å². The SMILES string of the molecule is CCNC(c1cnns1)c1cc(Cl)ccc1Cl. The first-order chi connectivity index (χ1) is 8.22. The van der Waals surface area contributed by atoms with Crippen molar-refractivity contribution in [1.82, 2.24) is 14.9 Å². The summed E-state index contributed by atoms with van der Waals surface area (Å²) in [6.07, 6.45) is 1.75. The number of hydrogen-bond donors (Lipinski definition) is 1. The van der Waals surface area contributed by atoms with E-state index in [0.29, 0.717) is 10.0 Å². The standard InChI is InChI=1S/C11H11Cl2N3S/c1-2-14-11(10-6-15-16-17-10)8-5-7(12)3-4-9(8)13/h3-6,11,14H,2H2,1H3. The molecule has 1 aromatic heterocycles. The summed E-state index contributed by atoms with van der Waals surface area (Å²) in [5.74, 6) is 0. The summed E-state index contributed by atoms with van der Waals surface area (Å²) in [7, 11) is 0. The fraction of sp³-hybridized carbons (Fsp3) is 0.273. The Morgan fingerprint density at radius 3 is 2.88 bits per heavy atom. The molecule has 1 unspecified atom stereocenters. The molecule has 1 atom stereocenters. The average Bonchev–Trinajstić information content (AvgIpc) is 2.83. The van der Waals surface area contributed by atoms with Crippen molar-refractivity contribution in [3.63, 3.8) is 0 Å². The van der Waals surface area contributed by atoms with Gasteiger partial charge < -0.3 is 5.32 Å². The zero-order valence-electron chi connectivity index (χ0n) is 9.15. The van der Waals surface area contributed by atoms with Crippen LogP contribution in [0.25, 0.3) is 0 Å². The van der Waals surface area contributed by atoms with Gasteiger partial charge in [0, 0.05) is 10.0 Å². The molecule has 1 aromatic carbocycles. The lowest BCUT2D eigenvalue weighted by molar-refractivity contribution is 0.639. The van der Waals surface area contributed by atoms with Gasteiger partial charge >= 0.3 is 0 Å². The number of aromatic nitrogens is 2. The quantitative estimate of drug-likeness (QED) is 0.935. The van der Waals surface area contributed by atoms with Crippen LogP contribution in [0.15, 0.2) is 24.4 Å². The summed E-state index contributed by atoms with van der Waals surface area (Å²) in [6.45, 7) is 2.87. The summed E-state index contributed by atoms with van der Waals surface area (Å²) in [5.41, 5.74) is 0.951. The molecule has 0 bridgehead atoms. The molecule has 0 saturated heterocycles. The van der Waals surface area contributed by atoms with Crippen molar-refractivity contribution in [1.29, 1.82) is 0 Å². The number of rotatable bonds is 4. The van der Waals surface area contributed by atoms with Gasteiger partial charge in [0.05, 0.1) is 17.1 Å². The normalized spacial score (nSPS) is 12.6. The Labute approximate surface area is 114 Å². The Hall–Kier alpha value is -0.680. The number of benzene rings is 1. The van der Waals surface area contributed by atoms with Crippen LogP contribution in [0.4, 0.5) is 0 Å². The molecule has 17 heavy (non-hydrogen) atoms. The monoisotopic (exact) mass is 287 g/mol. The van der Waals surface area contributed by atoms with E-state index in [1.165, 1.54) is 11.5 Å². The molecule has 0 aliphatic carbocycles. The molecule has 2 rings (SSSR count). The third-order valence-corrected chi connectivity index (χ3v) is 3.65. The van der Waals surface area contributed by atoms with Gasteiger partial charge in [-0.1, -0.05) is 34.6 Å². The van der Waals surface area contributed by atoms with Gasteiger partial charge in [-0.3, -0.25) is 0 Å². The van der Waals surface area contributed by atoms with Crippen molar-refractivity contribution >= 4 is 34.7 Å². The first kappa shape index (κ1) is 12.8. The summed E-state index contributed by atoms with van der Waals surface area (Å²) >= 11 is 13.6. The molecule has 1 N–H and O–H groups in total.